The largest absolute Gasteiger partial charge is 0.505 e. The van der Waals surface area contributed by atoms with Gasteiger partial charge in [-0.25, -0.2) is 0 Å². The van der Waals surface area contributed by atoms with Gasteiger partial charge in [-0.05, 0) is 39.4 Å². The Morgan fingerprint density at radius 3 is 1.81 bits per heavy atom. The first kappa shape index (κ1) is 22.6. The van der Waals surface area contributed by atoms with Gasteiger partial charge in [0.05, 0.1) is 13.4 Å². The van der Waals surface area contributed by atoms with Crippen LogP contribution >= 0.6 is 0 Å². The summed E-state index contributed by atoms with van der Waals surface area (Å²) < 4.78 is 12.5. The van der Waals surface area contributed by atoms with Gasteiger partial charge < -0.3 is 9.16 Å². The Hall–Kier alpha value is -2.62. The number of hydrogen-bond acceptors (Lipinski definition) is 2. The van der Waals surface area contributed by atoms with Gasteiger partial charge in [-0.1, -0.05) is 112 Å². The molecule has 2 nitrogen and oxygen atoms in total. The van der Waals surface area contributed by atoms with Crippen molar-refractivity contribution in [3.8, 4) is 0 Å². The summed E-state index contributed by atoms with van der Waals surface area (Å²) in [5.74, 6) is 0.429. The minimum atomic E-state index is -2.52. The molecule has 0 N–H and O–H groups in total. The third-order valence-electron chi connectivity index (χ3n) is 6.88. The van der Waals surface area contributed by atoms with Crippen LogP contribution in [0.25, 0.3) is 0 Å². The fraction of sp³-hybridized carbons (Fsp3) is 0.310. The van der Waals surface area contributed by atoms with Gasteiger partial charge in [-0.15, -0.1) is 0 Å². The summed E-state index contributed by atoms with van der Waals surface area (Å²) in [5.41, 5.74) is 1.33. The fourth-order valence-corrected chi connectivity index (χ4v) is 9.74. The molecule has 4 rings (SSSR count). The van der Waals surface area contributed by atoms with E-state index in [1.807, 2.05) is 6.26 Å². The third-order valence-corrected chi connectivity index (χ3v) is 11.9. The molecule has 0 aromatic heterocycles. The molecular formula is C29H34O2Si. The molecule has 3 aromatic rings. The average Bonchev–Trinajstić information content (AvgIpc) is 3.53. The molecular weight excluding hydrogens is 408 g/mol. The number of methoxy groups -OCH3 is 1. The summed E-state index contributed by atoms with van der Waals surface area (Å²) in [5, 5.41) is 2.65. The first-order chi connectivity index (χ1) is 15.4. The zero-order valence-electron chi connectivity index (χ0n) is 19.6. The van der Waals surface area contributed by atoms with Crippen LogP contribution in [-0.2, 0) is 14.6 Å². The Morgan fingerprint density at radius 2 is 1.34 bits per heavy atom. The minimum absolute atomic E-state index is 0.0112. The van der Waals surface area contributed by atoms with Gasteiger partial charge in [0.2, 0.25) is 0 Å². The highest BCUT2D eigenvalue weighted by Gasteiger charge is 2.56. The maximum absolute atomic E-state index is 7.21. The molecule has 166 valence electrons. The molecule has 3 heteroatoms. The van der Waals surface area contributed by atoms with Crippen LogP contribution in [0.4, 0.5) is 0 Å². The Balaban J connectivity index is 1.71. The lowest BCUT2D eigenvalue weighted by atomic mass is 9.93. The molecule has 0 spiro atoms. The van der Waals surface area contributed by atoms with Crippen molar-refractivity contribution in [1.29, 1.82) is 0 Å². The van der Waals surface area contributed by atoms with Crippen LogP contribution in [0.1, 0.15) is 32.8 Å². The highest BCUT2D eigenvalue weighted by atomic mass is 28.4. The van der Waals surface area contributed by atoms with Crippen molar-refractivity contribution >= 4 is 18.7 Å². The second kappa shape index (κ2) is 9.09. The normalized spacial score (nSPS) is 20.9. The molecule has 0 saturated heterocycles. The monoisotopic (exact) mass is 442 g/mol. The van der Waals surface area contributed by atoms with Crippen molar-refractivity contribution in [2.75, 3.05) is 13.7 Å². The van der Waals surface area contributed by atoms with E-state index >= 15 is 0 Å². The molecule has 0 bridgehead atoms. The number of ether oxygens (including phenoxy) is 1. The van der Waals surface area contributed by atoms with Gasteiger partial charge in [-0.3, -0.25) is 0 Å². The van der Waals surface area contributed by atoms with E-state index in [1.54, 1.807) is 7.11 Å². The molecule has 1 aliphatic carbocycles. The third kappa shape index (κ3) is 4.07. The van der Waals surface area contributed by atoms with E-state index < -0.39 is 8.32 Å². The molecule has 0 radical (unpaired) electrons. The van der Waals surface area contributed by atoms with Gasteiger partial charge in [0.15, 0.2) is 0 Å². The van der Waals surface area contributed by atoms with Crippen LogP contribution in [0.5, 0.6) is 0 Å². The standard InChI is InChI=1S/C29H34O2Si/c1-28(2,3)32(26-16-10-6-11-17-26,27-18-12-7-13-19-27)31-23-25-22-29(25,20-21-30-4)24-14-8-5-9-15-24/h5-21,25H,22-23H2,1-4H3/b21-20+/t25-,29-/m0/s1. The SMILES string of the molecule is CO/C=C/[C@@]1(c2ccccc2)C[C@H]1CO[Si](c1ccccc1)(c1ccccc1)C(C)(C)C. The van der Waals surface area contributed by atoms with E-state index in [-0.39, 0.29) is 10.5 Å². The van der Waals surface area contributed by atoms with Crippen molar-refractivity contribution < 1.29 is 9.16 Å². The topological polar surface area (TPSA) is 18.5 Å². The van der Waals surface area contributed by atoms with Crippen molar-refractivity contribution in [3.63, 3.8) is 0 Å². The van der Waals surface area contributed by atoms with E-state index in [2.05, 4.69) is 118 Å². The molecule has 0 aliphatic heterocycles. The summed E-state index contributed by atoms with van der Waals surface area (Å²) >= 11 is 0. The zero-order chi connectivity index (χ0) is 22.7. The van der Waals surface area contributed by atoms with E-state index in [9.17, 15) is 0 Å². The Morgan fingerprint density at radius 1 is 0.844 bits per heavy atom. The molecule has 32 heavy (non-hydrogen) atoms. The van der Waals surface area contributed by atoms with Gasteiger partial charge in [0.25, 0.3) is 8.32 Å². The van der Waals surface area contributed by atoms with Crippen LogP contribution in [0, 0.1) is 5.92 Å². The predicted octanol–water partition coefficient (Wildman–Crippen LogP) is 5.68. The van der Waals surface area contributed by atoms with Gasteiger partial charge >= 0.3 is 0 Å². The summed E-state index contributed by atoms with van der Waals surface area (Å²) in [6.45, 7) is 7.74. The van der Waals surface area contributed by atoms with Crippen molar-refractivity contribution in [2.45, 2.75) is 37.6 Å². The van der Waals surface area contributed by atoms with E-state index in [0.717, 1.165) is 13.0 Å². The summed E-state index contributed by atoms with van der Waals surface area (Å²) in [4.78, 5) is 0. The van der Waals surface area contributed by atoms with Gasteiger partial charge in [-0.2, -0.15) is 0 Å². The van der Waals surface area contributed by atoms with Crippen molar-refractivity contribution in [2.24, 2.45) is 5.92 Å². The maximum Gasteiger partial charge on any atom is 0.261 e. The summed E-state index contributed by atoms with van der Waals surface area (Å²) in [7, 11) is -0.808. The number of hydrogen-bond donors (Lipinski definition) is 0. The molecule has 2 atom stereocenters. The number of benzene rings is 3. The summed E-state index contributed by atoms with van der Waals surface area (Å²) in [6.07, 6.45) is 5.13. The van der Waals surface area contributed by atoms with Crippen LogP contribution in [0.15, 0.2) is 103 Å². The van der Waals surface area contributed by atoms with Crippen LogP contribution in [0.2, 0.25) is 5.04 Å². The van der Waals surface area contributed by atoms with Crippen LogP contribution < -0.4 is 10.4 Å². The van der Waals surface area contributed by atoms with Crippen molar-refractivity contribution in [3.05, 3.63) is 109 Å². The molecule has 1 fully saturated rings. The number of rotatable bonds is 8. The van der Waals surface area contributed by atoms with Gasteiger partial charge in [0.1, 0.15) is 0 Å². The first-order valence-corrected chi connectivity index (χ1v) is 13.4. The Labute approximate surface area is 194 Å². The molecule has 0 heterocycles. The molecule has 1 saturated carbocycles. The Kier molecular flexibility index (Phi) is 6.41. The van der Waals surface area contributed by atoms with Crippen LogP contribution in [-0.4, -0.2) is 22.0 Å². The van der Waals surface area contributed by atoms with E-state index in [1.165, 1.54) is 15.9 Å². The van der Waals surface area contributed by atoms with E-state index in [0.29, 0.717) is 5.92 Å². The Bertz CT molecular complexity index is 986. The fourth-order valence-electron chi connectivity index (χ4n) is 5.14. The molecule has 3 aromatic carbocycles. The highest BCUT2D eigenvalue weighted by molar-refractivity contribution is 6.99. The minimum Gasteiger partial charge on any atom is -0.505 e. The second-order valence-corrected chi connectivity index (χ2v) is 14.1. The average molecular weight is 443 g/mol. The lowest BCUT2D eigenvalue weighted by Crippen LogP contribution is -2.66. The predicted molar refractivity (Wildman–Crippen MR) is 136 cm³/mol. The lowest BCUT2D eigenvalue weighted by molar-refractivity contribution is 0.273. The van der Waals surface area contributed by atoms with Gasteiger partial charge in [0, 0.05) is 12.0 Å². The smallest absolute Gasteiger partial charge is 0.261 e. The zero-order valence-corrected chi connectivity index (χ0v) is 20.6. The van der Waals surface area contributed by atoms with Crippen LogP contribution in [0.3, 0.4) is 0 Å². The van der Waals surface area contributed by atoms with E-state index in [4.69, 9.17) is 9.16 Å². The number of allylic oxidation sites excluding steroid dienone is 1. The first-order valence-electron chi connectivity index (χ1n) is 11.4. The van der Waals surface area contributed by atoms with Crippen molar-refractivity contribution in [1.82, 2.24) is 0 Å². The quantitative estimate of drug-likeness (QED) is 0.330. The summed E-state index contributed by atoms with van der Waals surface area (Å²) in [6, 6.07) is 32.5. The second-order valence-electron chi connectivity index (χ2n) is 9.82. The molecule has 0 unspecified atom stereocenters. The lowest BCUT2D eigenvalue weighted by Gasteiger charge is -2.43. The highest BCUT2D eigenvalue weighted by Crippen LogP contribution is 2.56. The maximum atomic E-state index is 7.21. The molecule has 0 amide bonds. The molecule has 1 aliphatic rings.